The fourth-order valence-corrected chi connectivity index (χ4v) is 1.96. The first-order chi connectivity index (χ1) is 8.89. The van der Waals surface area contributed by atoms with Gasteiger partial charge >= 0.3 is 12.1 Å². The molecule has 0 atom stereocenters. The van der Waals surface area contributed by atoms with Crippen LogP contribution in [0.1, 0.15) is 16.9 Å². The van der Waals surface area contributed by atoms with E-state index in [9.17, 15) is 18.0 Å². The fourth-order valence-electron chi connectivity index (χ4n) is 1.96. The van der Waals surface area contributed by atoms with Crippen molar-refractivity contribution in [2.45, 2.75) is 12.6 Å². The van der Waals surface area contributed by atoms with E-state index in [0.717, 1.165) is 6.08 Å². The second kappa shape index (κ2) is 4.91. The molecular formula is C12H11F3N2O2. The van der Waals surface area contributed by atoms with E-state index >= 15 is 0 Å². The summed E-state index contributed by atoms with van der Waals surface area (Å²) in [5.74, 6) is -1.19. The Bertz CT molecular complexity index is 526. The van der Waals surface area contributed by atoms with E-state index in [4.69, 9.17) is 5.11 Å². The van der Waals surface area contributed by atoms with Crippen LogP contribution in [0.15, 0.2) is 30.0 Å². The summed E-state index contributed by atoms with van der Waals surface area (Å²) >= 11 is 0. The van der Waals surface area contributed by atoms with Crippen LogP contribution in [0.2, 0.25) is 0 Å². The Labute approximate surface area is 107 Å². The van der Waals surface area contributed by atoms with Crippen molar-refractivity contribution in [1.29, 1.82) is 0 Å². The number of rotatable bonds is 2. The Morgan fingerprint density at radius 1 is 1.42 bits per heavy atom. The highest BCUT2D eigenvalue weighted by molar-refractivity contribution is 5.92. The summed E-state index contributed by atoms with van der Waals surface area (Å²) in [6, 6.07) is 3.10. The molecule has 0 bridgehead atoms. The number of aromatic carboxylic acids is 1. The maximum absolute atomic E-state index is 12.5. The maximum atomic E-state index is 12.5. The highest BCUT2D eigenvalue weighted by Crippen LogP contribution is 2.32. The van der Waals surface area contributed by atoms with Crippen LogP contribution in [0.5, 0.6) is 0 Å². The van der Waals surface area contributed by atoms with Crippen molar-refractivity contribution in [3.8, 4) is 0 Å². The van der Waals surface area contributed by atoms with Gasteiger partial charge < -0.3 is 10.0 Å². The molecule has 2 heterocycles. The number of aromatic nitrogens is 1. The maximum Gasteiger partial charge on any atom is 0.412 e. The molecule has 1 aliphatic heterocycles. The molecule has 0 unspecified atom stereocenters. The average Bonchev–Trinajstić information content (AvgIpc) is 2.38. The van der Waals surface area contributed by atoms with Gasteiger partial charge in [-0.15, -0.1) is 0 Å². The van der Waals surface area contributed by atoms with Crippen LogP contribution in [0, 0.1) is 0 Å². The van der Waals surface area contributed by atoms with Crippen LogP contribution in [-0.4, -0.2) is 35.3 Å². The zero-order chi connectivity index (χ0) is 14.0. The van der Waals surface area contributed by atoms with E-state index < -0.39 is 17.7 Å². The summed E-state index contributed by atoms with van der Waals surface area (Å²) in [7, 11) is 0. The molecule has 7 heteroatoms. The summed E-state index contributed by atoms with van der Waals surface area (Å²) in [4.78, 5) is 16.3. The second-order valence-electron chi connectivity index (χ2n) is 4.10. The molecule has 2 rings (SSSR count). The molecule has 1 N–H and O–H groups in total. The van der Waals surface area contributed by atoms with Crippen LogP contribution in [0.4, 0.5) is 18.9 Å². The first-order valence-electron chi connectivity index (χ1n) is 5.59. The van der Waals surface area contributed by atoms with Crippen molar-refractivity contribution in [3.05, 3.63) is 35.7 Å². The van der Waals surface area contributed by atoms with Gasteiger partial charge in [0.15, 0.2) is 5.69 Å². The Kier molecular flexibility index (Phi) is 3.46. The number of alkyl halides is 3. The zero-order valence-corrected chi connectivity index (χ0v) is 9.81. The second-order valence-corrected chi connectivity index (χ2v) is 4.10. The monoisotopic (exact) mass is 272 g/mol. The molecule has 19 heavy (non-hydrogen) atoms. The fraction of sp³-hybridized carbons (Fsp3) is 0.333. The van der Waals surface area contributed by atoms with Crippen LogP contribution >= 0.6 is 0 Å². The highest BCUT2D eigenvalue weighted by Gasteiger charge is 2.35. The molecule has 0 aliphatic carbocycles. The van der Waals surface area contributed by atoms with Crippen LogP contribution in [-0.2, 0) is 0 Å². The van der Waals surface area contributed by atoms with Gasteiger partial charge in [-0.2, -0.15) is 13.2 Å². The summed E-state index contributed by atoms with van der Waals surface area (Å²) in [6.07, 6.45) is -2.04. The van der Waals surface area contributed by atoms with Crippen molar-refractivity contribution < 1.29 is 23.1 Å². The molecule has 0 fully saturated rings. The molecule has 1 aromatic rings. The number of nitrogens with zero attached hydrogens (tertiary/aromatic N) is 2. The Morgan fingerprint density at radius 2 is 2.16 bits per heavy atom. The standard InChI is InChI=1S/C12H11F3N2O2/c13-12(14,15)8-3-6-17(7-4-8)9-2-1-5-16-10(9)11(18)19/h1-3,5H,4,6-7H2,(H,18,19). The third-order valence-electron chi connectivity index (χ3n) is 2.90. The van der Waals surface area contributed by atoms with Gasteiger partial charge in [0.2, 0.25) is 0 Å². The molecule has 1 aromatic heterocycles. The van der Waals surface area contributed by atoms with Crippen molar-refractivity contribution in [1.82, 2.24) is 4.98 Å². The molecule has 0 spiro atoms. The minimum Gasteiger partial charge on any atom is -0.476 e. The molecule has 0 radical (unpaired) electrons. The van der Waals surface area contributed by atoms with Gasteiger partial charge in [-0.25, -0.2) is 9.78 Å². The first-order valence-corrected chi connectivity index (χ1v) is 5.59. The quantitative estimate of drug-likeness (QED) is 0.840. The van der Waals surface area contributed by atoms with Gasteiger partial charge in [0.1, 0.15) is 0 Å². The molecule has 0 amide bonds. The number of carboxylic acids is 1. The van der Waals surface area contributed by atoms with Gasteiger partial charge in [0, 0.05) is 24.9 Å². The molecule has 0 saturated heterocycles. The number of halogens is 3. The van der Waals surface area contributed by atoms with E-state index in [1.54, 1.807) is 17.0 Å². The summed E-state index contributed by atoms with van der Waals surface area (Å²) in [5.41, 5.74) is -0.372. The molecule has 1 aliphatic rings. The van der Waals surface area contributed by atoms with E-state index in [1.165, 1.54) is 6.20 Å². The lowest BCUT2D eigenvalue weighted by Gasteiger charge is -2.29. The smallest absolute Gasteiger partial charge is 0.412 e. The molecule has 0 saturated carbocycles. The van der Waals surface area contributed by atoms with E-state index in [-0.39, 0.29) is 25.2 Å². The van der Waals surface area contributed by atoms with E-state index in [0.29, 0.717) is 5.69 Å². The highest BCUT2D eigenvalue weighted by atomic mass is 19.4. The first kappa shape index (κ1) is 13.4. The number of hydrogen-bond acceptors (Lipinski definition) is 3. The molecule has 102 valence electrons. The number of carboxylic acid groups (broad SMARTS) is 1. The third kappa shape index (κ3) is 2.86. The van der Waals surface area contributed by atoms with Gasteiger partial charge in [-0.3, -0.25) is 0 Å². The minimum absolute atomic E-state index is 0.0286. The van der Waals surface area contributed by atoms with Crippen molar-refractivity contribution in [2.75, 3.05) is 18.0 Å². The summed E-state index contributed by atoms with van der Waals surface area (Å²) in [5, 5.41) is 8.99. The van der Waals surface area contributed by atoms with Gasteiger partial charge in [-0.1, -0.05) is 6.08 Å². The summed E-state index contributed by atoms with van der Waals surface area (Å²) < 4.78 is 37.5. The zero-order valence-electron chi connectivity index (χ0n) is 9.81. The minimum atomic E-state index is -4.31. The lowest BCUT2D eigenvalue weighted by molar-refractivity contribution is -0.0944. The van der Waals surface area contributed by atoms with Crippen molar-refractivity contribution >= 4 is 11.7 Å². The number of anilines is 1. The lowest BCUT2D eigenvalue weighted by atomic mass is 10.1. The third-order valence-corrected chi connectivity index (χ3v) is 2.90. The Hall–Kier alpha value is -2.05. The number of carbonyl (C=O) groups is 1. The van der Waals surface area contributed by atoms with E-state index in [1.807, 2.05) is 0 Å². The normalized spacial score (nSPS) is 16.2. The summed E-state index contributed by atoms with van der Waals surface area (Å²) in [6.45, 7) is 0.151. The molecule has 0 aromatic carbocycles. The SMILES string of the molecule is O=C(O)c1ncccc1N1CC=C(C(F)(F)F)CC1. The van der Waals surface area contributed by atoms with Crippen LogP contribution in [0.25, 0.3) is 0 Å². The predicted octanol–water partition coefficient (Wildman–Crippen LogP) is 2.48. The Balaban J connectivity index is 2.23. The largest absolute Gasteiger partial charge is 0.476 e. The van der Waals surface area contributed by atoms with Gasteiger partial charge in [0.05, 0.1) is 5.69 Å². The average molecular weight is 272 g/mol. The van der Waals surface area contributed by atoms with Crippen LogP contribution in [0.3, 0.4) is 0 Å². The lowest BCUT2D eigenvalue weighted by Crippen LogP contribution is -2.33. The number of pyridine rings is 1. The predicted molar refractivity (Wildman–Crippen MR) is 62.2 cm³/mol. The van der Waals surface area contributed by atoms with Gasteiger partial charge in [0.25, 0.3) is 0 Å². The Morgan fingerprint density at radius 3 is 2.68 bits per heavy atom. The van der Waals surface area contributed by atoms with Crippen LogP contribution < -0.4 is 4.90 Å². The number of hydrogen-bond donors (Lipinski definition) is 1. The van der Waals surface area contributed by atoms with E-state index in [2.05, 4.69) is 4.98 Å². The van der Waals surface area contributed by atoms with Crippen molar-refractivity contribution in [3.63, 3.8) is 0 Å². The van der Waals surface area contributed by atoms with Crippen molar-refractivity contribution in [2.24, 2.45) is 0 Å². The van der Waals surface area contributed by atoms with Gasteiger partial charge in [-0.05, 0) is 18.6 Å². The topological polar surface area (TPSA) is 53.4 Å². The molecular weight excluding hydrogens is 261 g/mol. The molecule has 4 nitrogen and oxygen atoms in total.